The molecule has 0 aliphatic carbocycles. The molecule has 200 valence electrons. The Morgan fingerprint density at radius 3 is 2.24 bits per heavy atom. The Balaban J connectivity index is 1.38. The summed E-state index contributed by atoms with van der Waals surface area (Å²) >= 11 is 0. The summed E-state index contributed by atoms with van der Waals surface area (Å²) in [6, 6.07) is 15.9. The molecule has 4 aromatic rings. The van der Waals surface area contributed by atoms with Gasteiger partial charge in [0.25, 0.3) is 10.0 Å². The number of urea groups is 1. The normalized spacial score (nSPS) is 12.1. The van der Waals surface area contributed by atoms with Gasteiger partial charge in [-0.15, -0.1) is 0 Å². The quantitative estimate of drug-likeness (QED) is 0.343. The number of imidazole rings is 1. The van der Waals surface area contributed by atoms with Crippen LogP contribution >= 0.6 is 0 Å². The van der Waals surface area contributed by atoms with Gasteiger partial charge in [-0.2, -0.15) is 0 Å². The highest BCUT2D eigenvalue weighted by molar-refractivity contribution is 7.90. The Morgan fingerprint density at radius 2 is 1.63 bits per heavy atom. The molecule has 2 heterocycles. The van der Waals surface area contributed by atoms with Gasteiger partial charge in [0.1, 0.15) is 11.3 Å². The molecule has 0 fully saturated rings. The summed E-state index contributed by atoms with van der Waals surface area (Å²) in [4.78, 5) is 21.9. The lowest BCUT2D eigenvalue weighted by Crippen LogP contribution is -2.40. The molecule has 2 aromatic carbocycles. The second-order valence-corrected chi connectivity index (χ2v) is 12.2. The number of rotatable bonds is 7. The third-order valence-electron chi connectivity index (χ3n) is 6.47. The molecule has 4 rings (SSSR count). The number of amides is 2. The SMILES string of the molecule is CCc1nc2c(C)cc(C)nc2n1-c1ccc(CCNC(=O)NS(=O)(=O)c2ccc(C(C)(C)C)cc2)cc1. The van der Waals surface area contributed by atoms with E-state index in [1.165, 1.54) is 12.1 Å². The first-order valence-electron chi connectivity index (χ1n) is 12.7. The number of aryl methyl sites for hydroxylation is 3. The molecule has 0 radical (unpaired) electrons. The van der Waals surface area contributed by atoms with Gasteiger partial charge in [-0.25, -0.2) is 27.9 Å². The minimum Gasteiger partial charge on any atom is -0.337 e. The first-order valence-corrected chi connectivity index (χ1v) is 14.2. The Bertz CT molecular complexity index is 1570. The molecule has 38 heavy (non-hydrogen) atoms. The molecule has 2 aromatic heterocycles. The van der Waals surface area contributed by atoms with Crippen LogP contribution in [0.2, 0.25) is 0 Å². The van der Waals surface area contributed by atoms with E-state index in [2.05, 4.69) is 42.3 Å². The highest BCUT2D eigenvalue weighted by atomic mass is 32.2. The van der Waals surface area contributed by atoms with E-state index >= 15 is 0 Å². The molecule has 9 heteroatoms. The number of benzene rings is 2. The lowest BCUT2D eigenvalue weighted by atomic mass is 9.87. The molecule has 0 unspecified atom stereocenters. The zero-order chi connectivity index (χ0) is 27.7. The Morgan fingerprint density at radius 1 is 0.974 bits per heavy atom. The maximum atomic E-state index is 12.6. The average molecular weight is 534 g/mol. The van der Waals surface area contributed by atoms with Crippen LogP contribution in [0, 0.1) is 13.8 Å². The average Bonchev–Trinajstić information content (AvgIpc) is 3.22. The van der Waals surface area contributed by atoms with E-state index in [4.69, 9.17) is 9.97 Å². The van der Waals surface area contributed by atoms with Crippen LogP contribution in [0.15, 0.2) is 59.5 Å². The molecule has 0 spiro atoms. The predicted octanol–water partition coefficient (Wildman–Crippen LogP) is 5.13. The van der Waals surface area contributed by atoms with Crippen LogP contribution in [0.4, 0.5) is 4.79 Å². The number of pyridine rings is 1. The molecule has 8 nitrogen and oxygen atoms in total. The molecule has 2 amide bonds. The van der Waals surface area contributed by atoms with Crippen LogP contribution in [-0.2, 0) is 28.3 Å². The lowest BCUT2D eigenvalue weighted by molar-refractivity contribution is 0.246. The largest absolute Gasteiger partial charge is 0.337 e. The van der Waals surface area contributed by atoms with E-state index in [9.17, 15) is 13.2 Å². The predicted molar refractivity (Wildman–Crippen MR) is 150 cm³/mol. The van der Waals surface area contributed by atoms with Crippen molar-refractivity contribution in [2.45, 2.75) is 64.7 Å². The van der Waals surface area contributed by atoms with Gasteiger partial charge in [0.15, 0.2) is 5.65 Å². The second kappa shape index (κ2) is 10.6. The summed E-state index contributed by atoms with van der Waals surface area (Å²) in [7, 11) is -3.96. The molecule has 2 N–H and O–H groups in total. The number of hydrogen-bond acceptors (Lipinski definition) is 5. The van der Waals surface area contributed by atoms with Crippen LogP contribution in [0.25, 0.3) is 16.9 Å². The van der Waals surface area contributed by atoms with E-state index in [1.54, 1.807) is 12.1 Å². The fourth-order valence-electron chi connectivity index (χ4n) is 4.40. The van der Waals surface area contributed by atoms with Crippen LogP contribution in [0.5, 0.6) is 0 Å². The summed E-state index contributed by atoms with van der Waals surface area (Å²) in [5.74, 6) is 0.946. The first-order chi connectivity index (χ1) is 17.9. The number of hydrogen-bond donors (Lipinski definition) is 2. The zero-order valence-corrected chi connectivity index (χ0v) is 23.6. The van der Waals surface area contributed by atoms with Crippen LogP contribution in [-0.4, -0.2) is 35.5 Å². The zero-order valence-electron chi connectivity index (χ0n) is 22.8. The van der Waals surface area contributed by atoms with Gasteiger partial charge < -0.3 is 5.32 Å². The molecule has 0 saturated carbocycles. The van der Waals surface area contributed by atoms with Crippen molar-refractivity contribution >= 4 is 27.2 Å². The van der Waals surface area contributed by atoms with Gasteiger partial charge in [0.05, 0.1) is 4.90 Å². The molecular weight excluding hydrogens is 498 g/mol. The van der Waals surface area contributed by atoms with Crippen molar-refractivity contribution in [2.75, 3.05) is 6.54 Å². The fourth-order valence-corrected chi connectivity index (χ4v) is 5.33. The molecule has 0 aliphatic rings. The summed E-state index contributed by atoms with van der Waals surface area (Å²) in [6.07, 6.45) is 1.33. The lowest BCUT2D eigenvalue weighted by Gasteiger charge is -2.19. The summed E-state index contributed by atoms with van der Waals surface area (Å²) in [5.41, 5.74) is 6.71. The van der Waals surface area contributed by atoms with Crippen molar-refractivity contribution in [3.8, 4) is 5.69 Å². The third-order valence-corrected chi connectivity index (χ3v) is 7.82. The van der Waals surface area contributed by atoms with Gasteiger partial charge >= 0.3 is 6.03 Å². The van der Waals surface area contributed by atoms with E-state index in [1.807, 2.05) is 44.2 Å². The van der Waals surface area contributed by atoms with Crippen molar-refractivity contribution in [3.05, 3.63) is 82.8 Å². The molecular formula is C29H35N5O3S. The van der Waals surface area contributed by atoms with Gasteiger partial charge in [0, 0.05) is 24.3 Å². The summed E-state index contributed by atoms with van der Waals surface area (Å²) < 4.78 is 29.4. The smallest absolute Gasteiger partial charge is 0.328 e. The highest BCUT2D eigenvalue weighted by Gasteiger charge is 2.20. The molecule has 0 saturated heterocycles. The maximum Gasteiger partial charge on any atom is 0.328 e. The minimum atomic E-state index is -3.96. The van der Waals surface area contributed by atoms with Crippen molar-refractivity contribution < 1.29 is 13.2 Å². The van der Waals surface area contributed by atoms with Crippen molar-refractivity contribution in [1.29, 1.82) is 0 Å². The monoisotopic (exact) mass is 533 g/mol. The van der Waals surface area contributed by atoms with Gasteiger partial charge in [0.2, 0.25) is 0 Å². The maximum absolute atomic E-state index is 12.6. The third kappa shape index (κ3) is 5.88. The number of sulfonamides is 1. The fraction of sp³-hybridized carbons (Fsp3) is 0.345. The van der Waals surface area contributed by atoms with E-state index < -0.39 is 16.1 Å². The number of nitrogens with zero attached hydrogens (tertiary/aromatic N) is 3. The minimum absolute atomic E-state index is 0.0505. The molecule has 0 aliphatic heterocycles. The van der Waals surface area contributed by atoms with Crippen molar-refractivity contribution in [3.63, 3.8) is 0 Å². The highest BCUT2D eigenvalue weighted by Crippen LogP contribution is 2.25. The molecule has 0 bridgehead atoms. The summed E-state index contributed by atoms with van der Waals surface area (Å²) in [6.45, 7) is 12.6. The van der Waals surface area contributed by atoms with Crippen LogP contribution < -0.4 is 10.0 Å². The molecule has 0 atom stereocenters. The number of carbonyl (C=O) groups is 1. The standard InChI is InChI=1S/C29H35N5O3S/c1-7-25-32-26-19(2)18-20(3)31-27(26)34(25)23-12-8-21(9-13-23)16-17-30-28(35)33-38(36,37)24-14-10-22(11-15-24)29(4,5)6/h8-15,18H,7,16-17H2,1-6H3,(H2,30,33,35). The number of nitrogens with one attached hydrogen (secondary N) is 2. The number of fused-ring (bicyclic) bond motifs is 1. The number of aromatic nitrogens is 3. The topological polar surface area (TPSA) is 106 Å². The van der Waals surface area contributed by atoms with E-state index in [0.717, 1.165) is 51.5 Å². The van der Waals surface area contributed by atoms with Gasteiger partial charge in [-0.05, 0) is 72.7 Å². The Kier molecular flexibility index (Phi) is 7.60. The van der Waals surface area contributed by atoms with Gasteiger partial charge in [-0.1, -0.05) is 52.0 Å². The van der Waals surface area contributed by atoms with Crippen molar-refractivity contribution in [1.82, 2.24) is 24.6 Å². The Hall–Kier alpha value is -3.72. The van der Waals surface area contributed by atoms with E-state index in [-0.39, 0.29) is 16.9 Å². The van der Waals surface area contributed by atoms with Crippen LogP contribution in [0.1, 0.15) is 55.9 Å². The second-order valence-electron chi connectivity index (χ2n) is 10.5. The first kappa shape index (κ1) is 27.3. The van der Waals surface area contributed by atoms with Gasteiger partial charge in [-0.3, -0.25) is 4.57 Å². The van der Waals surface area contributed by atoms with Crippen LogP contribution in [0.3, 0.4) is 0 Å². The Labute approximate surface area is 224 Å². The number of carbonyl (C=O) groups excluding carboxylic acids is 1. The van der Waals surface area contributed by atoms with E-state index in [0.29, 0.717) is 6.42 Å². The summed E-state index contributed by atoms with van der Waals surface area (Å²) in [5, 5.41) is 2.64. The van der Waals surface area contributed by atoms with Crippen molar-refractivity contribution in [2.24, 2.45) is 0 Å².